The van der Waals surface area contributed by atoms with Crippen LogP contribution in [0.15, 0.2) is 178 Å². The van der Waals surface area contributed by atoms with E-state index in [4.69, 9.17) is 19.4 Å². The number of nitrogens with zero attached hydrogens (tertiary/aromatic N) is 4. The van der Waals surface area contributed by atoms with Crippen LogP contribution < -0.4 is 5.32 Å². The first kappa shape index (κ1) is 28.6. The Hall–Kier alpha value is -6.66. The number of pyridine rings is 2. The summed E-state index contributed by atoms with van der Waals surface area (Å²) in [6.07, 6.45) is 3.10. The quantitative estimate of drug-likeness (QED) is 0.198. The molecule has 6 heteroatoms. The van der Waals surface area contributed by atoms with E-state index in [0.717, 1.165) is 78.4 Å². The van der Waals surface area contributed by atoms with Crippen LogP contribution in [-0.4, -0.2) is 21.6 Å². The SMILES string of the molecule is c1ccc(C2=NC(c3cccc4oc5c(-c6ccccn6)cc(-c6ccccn6)cc5c34)N=C(c3ccc(-c4ccccc4)cc3)N2)cc1. The van der Waals surface area contributed by atoms with E-state index in [-0.39, 0.29) is 0 Å². The van der Waals surface area contributed by atoms with Gasteiger partial charge in [0.2, 0.25) is 0 Å². The second-order valence-corrected chi connectivity index (χ2v) is 11.9. The van der Waals surface area contributed by atoms with Crippen molar-refractivity contribution in [2.45, 2.75) is 6.17 Å². The highest BCUT2D eigenvalue weighted by Gasteiger charge is 2.25. The Labute approximate surface area is 283 Å². The number of amidine groups is 2. The monoisotopic (exact) mass is 631 g/mol. The lowest BCUT2D eigenvalue weighted by atomic mass is 9.97. The first-order valence-corrected chi connectivity index (χ1v) is 16.2. The Kier molecular flexibility index (Phi) is 7.09. The molecule has 5 aromatic carbocycles. The Morgan fingerprint density at radius 3 is 1.76 bits per heavy atom. The molecule has 0 bridgehead atoms. The average molecular weight is 632 g/mol. The zero-order chi connectivity index (χ0) is 32.6. The first-order chi connectivity index (χ1) is 24.3. The molecule has 6 nitrogen and oxygen atoms in total. The molecule has 232 valence electrons. The summed E-state index contributed by atoms with van der Waals surface area (Å²) in [5, 5.41) is 5.48. The van der Waals surface area contributed by atoms with Crippen LogP contribution in [-0.2, 0) is 0 Å². The number of furan rings is 1. The van der Waals surface area contributed by atoms with Gasteiger partial charge in [0.05, 0.1) is 11.4 Å². The Morgan fingerprint density at radius 1 is 0.490 bits per heavy atom. The van der Waals surface area contributed by atoms with Gasteiger partial charge < -0.3 is 9.73 Å². The number of benzene rings is 5. The fourth-order valence-corrected chi connectivity index (χ4v) is 6.49. The van der Waals surface area contributed by atoms with Crippen LogP contribution in [0.4, 0.5) is 0 Å². The summed E-state index contributed by atoms with van der Waals surface area (Å²) >= 11 is 0. The molecule has 1 unspecified atom stereocenters. The van der Waals surface area contributed by atoms with Crippen molar-refractivity contribution in [3.8, 4) is 33.6 Å². The molecule has 4 heterocycles. The highest BCUT2D eigenvalue weighted by Crippen LogP contribution is 2.42. The predicted octanol–water partition coefficient (Wildman–Crippen LogP) is 9.87. The van der Waals surface area contributed by atoms with Crippen LogP contribution in [0.2, 0.25) is 0 Å². The van der Waals surface area contributed by atoms with Crippen molar-refractivity contribution < 1.29 is 4.42 Å². The lowest BCUT2D eigenvalue weighted by Crippen LogP contribution is -2.36. The summed E-state index contributed by atoms with van der Waals surface area (Å²) < 4.78 is 6.67. The van der Waals surface area contributed by atoms with Gasteiger partial charge in [0.25, 0.3) is 0 Å². The van der Waals surface area contributed by atoms with E-state index >= 15 is 0 Å². The summed E-state index contributed by atoms with van der Waals surface area (Å²) in [6, 6.07) is 51.4. The van der Waals surface area contributed by atoms with E-state index in [1.165, 1.54) is 5.56 Å². The molecule has 8 aromatic rings. The summed E-state index contributed by atoms with van der Waals surface area (Å²) in [5.41, 5.74) is 10.4. The second kappa shape index (κ2) is 12.2. The van der Waals surface area contributed by atoms with Crippen LogP contribution in [0.3, 0.4) is 0 Å². The third-order valence-electron chi connectivity index (χ3n) is 8.86. The van der Waals surface area contributed by atoms with Gasteiger partial charge in [-0.2, -0.15) is 0 Å². The molecule has 1 N–H and O–H groups in total. The van der Waals surface area contributed by atoms with Crippen molar-refractivity contribution in [2.75, 3.05) is 0 Å². The molecular formula is C43H29N5O. The third-order valence-corrected chi connectivity index (χ3v) is 8.86. The predicted molar refractivity (Wildman–Crippen MR) is 197 cm³/mol. The number of aliphatic imine (C=N–C) groups is 2. The number of aromatic nitrogens is 2. The number of hydrogen-bond donors (Lipinski definition) is 1. The van der Waals surface area contributed by atoms with Crippen molar-refractivity contribution >= 4 is 33.6 Å². The first-order valence-electron chi connectivity index (χ1n) is 16.2. The Balaban J connectivity index is 1.24. The molecule has 1 aliphatic rings. The highest BCUT2D eigenvalue weighted by molar-refractivity contribution is 6.17. The van der Waals surface area contributed by atoms with E-state index in [2.05, 4.69) is 89.2 Å². The van der Waals surface area contributed by atoms with Crippen molar-refractivity contribution in [2.24, 2.45) is 9.98 Å². The second-order valence-electron chi connectivity index (χ2n) is 11.9. The summed E-state index contributed by atoms with van der Waals surface area (Å²) in [6.45, 7) is 0. The van der Waals surface area contributed by atoms with Gasteiger partial charge in [-0.25, -0.2) is 9.98 Å². The van der Waals surface area contributed by atoms with Gasteiger partial charge in [0, 0.05) is 51.0 Å². The standard InChI is InChI=1S/C43H29N5O/c1-3-12-28(13-4-1)29-20-22-31(23-21-29)42-46-41(30-14-5-2-6-15-30)47-43(48-42)33-16-11-19-38-39(33)35-27-32(36-17-7-9-24-44-36)26-34(40(35)49-38)37-18-8-10-25-45-37/h1-27,43H,(H,46,47,48). The molecule has 9 rings (SSSR count). The average Bonchev–Trinajstić information content (AvgIpc) is 3.58. The zero-order valence-corrected chi connectivity index (χ0v) is 26.4. The van der Waals surface area contributed by atoms with Crippen LogP contribution in [0.5, 0.6) is 0 Å². The maximum atomic E-state index is 6.67. The van der Waals surface area contributed by atoms with Crippen molar-refractivity contribution in [1.82, 2.24) is 15.3 Å². The molecule has 3 aromatic heterocycles. The third kappa shape index (κ3) is 5.35. The van der Waals surface area contributed by atoms with Crippen LogP contribution in [0.25, 0.3) is 55.6 Å². The van der Waals surface area contributed by atoms with Gasteiger partial charge in [-0.15, -0.1) is 0 Å². The minimum atomic E-state index is -0.526. The molecule has 1 atom stereocenters. The smallest absolute Gasteiger partial charge is 0.170 e. The Morgan fingerprint density at radius 2 is 1.08 bits per heavy atom. The van der Waals surface area contributed by atoms with Gasteiger partial charge in [-0.05, 0) is 53.6 Å². The molecule has 0 saturated carbocycles. The molecule has 0 saturated heterocycles. The van der Waals surface area contributed by atoms with Gasteiger partial charge in [-0.3, -0.25) is 9.97 Å². The maximum Gasteiger partial charge on any atom is 0.170 e. The van der Waals surface area contributed by atoms with Crippen LogP contribution in [0, 0.1) is 0 Å². The molecule has 0 fully saturated rings. The van der Waals surface area contributed by atoms with Gasteiger partial charge >= 0.3 is 0 Å². The molecule has 0 aliphatic carbocycles. The molecule has 1 aliphatic heterocycles. The van der Waals surface area contributed by atoms with Crippen molar-refractivity contribution in [3.63, 3.8) is 0 Å². The van der Waals surface area contributed by atoms with E-state index in [1.54, 1.807) is 6.20 Å². The minimum Gasteiger partial charge on any atom is -0.455 e. The Bertz CT molecular complexity index is 2490. The number of rotatable bonds is 6. The van der Waals surface area contributed by atoms with Gasteiger partial charge in [0.15, 0.2) is 6.17 Å². The van der Waals surface area contributed by atoms with Crippen LogP contribution in [0.1, 0.15) is 22.9 Å². The summed E-state index contributed by atoms with van der Waals surface area (Å²) in [7, 11) is 0. The number of hydrogen-bond acceptors (Lipinski definition) is 6. The maximum absolute atomic E-state index is 6.67. The highest BCUT2D eigenvalue weighted by atomic mass is 16.3. The number of nitrogens with one attached hydrogen (secondary N) is 1. The van der Waals surface area contributed by atoms with E-state index in [1.807, 2.05) is 79.0 Å². The topological polar surface area (TPSA) is 75.7 Å². The van der Waals surface area contributed by atoms with Gasteiger partial charge in [-0.1, -0.05) is 109 Å². The van der Waals surface area contributed by atoms with Crippen LogP contribution >= 0.6 is 0 Å². The number of fused-ring (bicyclic) bond motifs is 3. The lowest BCUT2D eigenvalue weighted by molar-refractivity contribution is 0.668. The molecule has 0 spiro atoms. The molecular weight excluding hydrogens is 603 g/mol. The van der Waals surface area contributed by atoms with E-state index < -0.39 is 6.17 Å². The fraction of sp³-hybridized carbons (Fsp3) is 0.0233. The summed E-state index contributed by atoms with van der Waals surface area (Å²) in [4.78, 5) is 19.8. The molecule has 0 amide bonds. The zero-order valence-electron chi connectivity index (χ0n) is 26.4. The molecule has 49 heavy (non-hydrogen) atoms. The lowest BCUT2D eigenvalue weighted by Gasteiger charge is -2.23. The van der Waals surface area contributed by atoms with Gasteiger partial charge in [0.1, 0.15) is 22.8 Å². The largest absolute Gasteiger partial charge is 0.455 e. The van der Waals surface area contributed by atoms with E-state index in [9.17, 15) is 0 Å². The molecule has 0 radical (unpaired) electrons. The van der Waals surface area contributed by atoms with E-state index in [0.29, 0.717) is 0 Å². The van der Waals surface area contributed by atoms with Crippen molar-refractivity contribution in [3.05, 3.63) is 181 Å². The fourth-order valence-electron chi connectivity index (χ4n) is 6.49. The minimum absolute atomic E-state index is 0.526. The summed E-state index contributed by atoms with van der Waals surface area (Å²) in [5.74, 6) is 1.52. The normalized spacial score (nSPS) is 14.3. The van der Waals surface area contributed by atoms with Crippen molar-refractivity contribution in [1.29, 1.82) is 0 Å².